The first-order valence-corrected chi connectivity index (χ1v) is 9.48. The first-order valence-electron chi connectivity index (χ1n) is 9.48. The number of hydrogen-bond acceptors (Lipinski definition) is 3. The third-order valence-electron chi connectivity index (χ3n) is 4.79. The van der Waals surface area contributed by atoms with E-state index < -0.39 is 0 Å². The van der Waals surface area contributed by atoms with Crippen molar-refractivity contribution in [1.29, 1.82) is 0 Å². The predicted octanol–water partition coefficient (Wildman–Crippen LogP) is 4.52. The highest BCUT2D eigenvalue weighted by Gasteiger charge is 2.16. The third kappa shape index (κ3) is 4.54. The highest BCUT2D eigenvalue weighted by Crippen LogP contribution is 2.24. The fourth-order valence-electron chi connectivity index (χ4n) is 3.42. The zero-order valence-electron chi connectivity index (χ0n) is 15.7. The number of nitrogens with zero attached hydrogens (tertiary/aromatic N) is 2. The topological polar surface area (TPSA) is 57.3 Å². The number of pyridine rings is 1. The van der Waals surface area contributed by atoms with Crippen LogP contribution < -0.4 is 15.5 Å². The molecule has 1 fully saturated rings. The molecule has 5 nitrogen and oxygen atoms in total. The molecule has 1 aliphatic rings. The molecule has 0 saturated carbocycles. The van der Waals surface area contributed by atoms with E-state index in [1.165, 1.54) is 19.3 Å². The number of urea groups is 1. The van der Waals surface area contributed by atoms with Gasteiger partial charge in [0.05, 0.1) is 0 Å². The fourth-order valence-corrected chi connectivity index (χ4v) is 3.42. The van der Waals surface area contributed by atoms with Gasteiger partial charge in [0.25, 0.3) is 0 Å². The molecule has 0 radical (unpaired) electrons. The van der Waals surface area contributed by atoms with Gasteiger partial charge in [0.1, 0.15) is 5.82 Å². The van der Waals surface area contributed by atoms with Crippen molar-refractivity contribution in [2.75, 3.05) is 23.3 Å². The van der Waals surface area contributed by atoms with Crippen LogP contribution in [0.5, 0.6) is 0 Å². The van der Waals surface area contributed by atoms with E-state index in [0.29, 0.717) is 12.5 Å². The Morgan fingerprint density at radius 1 is 1.12 bits per heavy atom. The van der Waals surface area contributed by atoms with Crippen molar-refractivity contribution in [1.82, 2.24) is 10.3 Å². The quantitative estimate of drug-likeness (QED) is 0.832. The average molecular weight is 352 g/mol. The van der Waals surface area contributed by atoms with Crippen molar-refractivity contribution in [3.63, 3.8) is 0 Å². The lowest BCUT2D eigenvalue weighted by Crippen LogP contribution is -2.33. The molecule has 0 spiro atoms. The molecule has 26 heavy (non-hydrogen) atoms. The van der Waals surface area contributed by atoms with Crippen molar-refractivity contribution >= 4 is 17.5 Å². The first kappa shape index (κ1) is 18.2. The van der Waals surface area contributed by atoms with Gasteiger partial charge >= 0.3 is 6.03 Å². The molecule has 2 amide bonds. The van der Waals surface area contributed by atoms with E-state index in [1.54, 1.807) is 0 Å². The molecule has 5 heteroatoms. The fraction of sp³-hybridized carbons (Fsp3) is 0.429. The van der Waals surface area contributed by atoms with E-state index in [4.69, 9.17) is 0 Å². The minimum Gasteiger partial charge on any atom is -0.356 e. The van der Waals surface area contributed by atoms with Gasteiger partial charge in [0, 0.05) is 37.1 Å². The molecule has 3 rings (SSSR count). The summed E-state index contributed by atoms with van der Waals surface area (Å²) < 4.78 is 0. The number of aromatic nitrogens is 1. The second-order valence-corrected chi connectivity index (χ2v) is 7.08. The molecule has 1 saturated heterocycles. The maximum atomic E-state index is 12.4. The molecule has 0 aliphatic carbocycles. The number of para-hydroxylation sites is 1. The molecule has 2 N–H and O–H groups in total. The molecular formula is C21H28N4O. The third-order valence-corrected chi connectivity index (χ3v) is 4.79. The van der Waals surface area contributed by atoms with Gasteiger partial charge in [-0.2, -0.15) is 0 Å². The van der Waals surface area contributed by atoms with Crippen LogP contribution in [0.3, 0.4) is 0 Å². The summed E-state index contributed by atoms with van der Waals surface area (Å²) >= 11 is 0. The minimum atomic E-state index is -0.188. The molecule has 1 aromatic carbocycles. The van der Waals surface area contributed by atoms with Crippen LogP contribution in [0.2, 0.25) is 0 Å². The molecule has 0 bridgehead atoms. The Kier molecular flexibility index (Phi) is 6.10. The van der Waals surface area contributed by atoms with Crippen LogP contribution in [-0.4, -0.2) is 24.1 Å². The molecule has 2 aromatic rings. The van der Waals surface area contributed by atoms with Gasteiger partial charge in [0.2, 0.25) is 0 Å². The van der Waals surface area contributed by atoms with Crippen LogP contribution in [0.15, 0.2) is 42.6 Å². The normalized spacial score (nSPS) is 14.3. The van der Waals surface area contributed by atoms with E-state index in [1.807, 2.05) is 36.5 Å². The Hall–Kier alpha value is -2.56. The van der Waals surface area contributed by atoms with Gasteiger partial charge < -0.3 is 15.5 Å². The lowest BCUT2D eigenvalue weighted by Gasteiger charge is -2.29. The van der Waals surface area contributed by atoms with Crippen molar-refractivity contribution in [2.45, 2.75) is 45.6 Å². The number of hydrogen-bond donors (Lipinski definition) is 2. The number of anilines is 2. The number of amides is 2. The van der Waals surface area contributed by atoms with E-state index in [9.17, 15) is 4.79 Å². The minimum absolute atomic E-state index is 0.188. The number of nitrogens with one attached hydrogen (secondary N) is 2. The number of piperidine rings is 1. The van der Waals surface area contributed by atoms with Crippen LogP contribution >= 0.6 is 0 Å². The standard InChI is InChI=1S/C21H28N4O/c1-16(2)18-10-4-5-11-19(18)24-21(26)23-15-17-9-8-12-22-20(17)25-13-6-3-7-14-25/h4-5,8-12,16H,3,6-7,13-15H2,1-2H3,(H2,23,24,26). The zero-order valence-corrected chi connectivity index (χ0v) is 15.7. The van der Waals surface area contributed by atoms with Crippen LogP contribution in [0.1, 0.15) is 50.2 Å². The Labute approximate surface area is 155 Å². The lowest BCUT2D eigenvalue weighted by atomic mass is 10.0. The second-order valence-electron chi connectivity index (χ2n) is 7.08. The van der Waals surface area contributed by atoms with Gasteiger partial charge in [-0.1, -0.05) is 38.1 Å². The smallest absolute Gasteiger partial charge is 0.319 e. The average Bonchev–Trinajstić information content (AvgIpc) is 2.67. The summed E-state index contributed by atoms with van der Waals surface area (Å²) in [5.41, 5.74) is 3.06. The maximum Gasteiger partial charge on any atom is 0.319 e. The Morgan fingerprint density at radius 3 is 2.65 bits per heavy atom. The van der Waals surface area contributed by atoms with Gasteiger partial charge in [-0.15, -0.1) is 0 Å². The van der Waals surface area contributed by atoms with Crippen LogP contribution in [-0.2, 0) is 6.54 Å². The number of carbonyl (C=O) groups is 1. The monoisotopic (exact) mass is 352 g/mol. The molecule has 0 atom stereocenters. The SMILES string of the molecule is CC(C)c1ccccc1NC(=O)NCc1cccnc1N1CCCCC1. The molecule has 1 aromatic heterocycles. The van der Waals surface area contributed by atoms with Gasteiger partial charge in [-0.25, -0.2) is 9.78 Å². The maximum absolute atomic E-state index is 12.4. The highest BCUT2D eigenvalue weighted by atomic mass is 16.2. The van der Waals surface area contributed by atoms with Crippen LogP contribution in [0, 0.1) is 0 Å². The highest BCUT2D eigenvalue weighted by molar-refractivity contribution is 5.90. The van der Waals surface area contributed by atoms with Crippen molar-refractivity contribution in [3.8, 4) is 0 Å². The lowest BCUT2D eigenvalue weighted by molar-refractivity contribution is 0.251. The molecule has 1 aliphatic heterocycles. The van der Waals surface area contributed by atoms with E-state index in [0.717, 1.165) is 35.7 Å². The summed E-state index contributed by atoms with van der Waals surface area (Å²) in [6, 6.07) is 11.7. The summed E-state index contributed by atoms with van der Waals surface area (Å²) in [6.07, 6.45) is 5.52. The number of rotatable bonds is 5. The van der Waals surface area contributed by atoms with Crippen LogP contribution in [0.25, 0.3) is 0 Å². The van der Waals surface area contributed by atoms with Gasteiger partial charge in [-0.05, 0) is 42.9 Å². The Bertz CT molecular complexity index is 738. The van der Waals surface area contributed by atoms with Crippen molar-refractivity contribution in [2.24, 2.45) is 0 Å². The van der Waals surface area contributed by atoms with Crippen molar-refractivity contribution in [3.05, 3.63) is 53.7 Å². The second kappa shape index (κ2) is 8.70. The Balaban J connectivity index is 1.63. The summed E-state index contributed by atoms with van der Waals surface area (Å²) in [6.45, 7) is 6.79. The zero-order chi connectivity index (χ0) is 18.4. The van der Waals surface area contributed by atoms with E-state index in [-0.39, 0.29) is 6.03 Å². The molecule has 2 heterocycles. The summed E-state index contributed by atoms with van der Waals surface area (Å²) in [5.74, 6) is 1.35. The summed E-state index contributed by atoms with van der Waals surface area (Å²) in [5, 5.41) is 5.95. The summed E-state index contributed by atoms with van der Waals surface area (Å²) in [4.78, 5) is 19.3. The first-order chi connectivity index (χ1) is 12.6. The van der Waals surface area contributed by atoms with E-state index >= 15 is 0 Å². The molecule has 138 valence electrons. The van der Waals surface area contributed by atoms with Crippen molar-refractivity contribution < 1.29 is 4.79 Å². The van der Waals surface area contributed by atoms with Gasteiger partial charge in [0.15, 0.2) is 0 Å². The largest absolute Gasteiger partial charge is 0.356 e. The summed E-state index contributed by atoms with van der Waals surface area (Å²) in [7, 11) is 0. The Morgan fingerprint density at radius 2 is 1.88 bits per heavy atom. The van der Waals surface area contributed by atoms with E-state index in [2.05, 4.69) is 40.4 Å². The molecular weight excluding hydrogens is 324 g/mol. The van der Waals surface area contributed by atoms with Crippen LogP contribution in [0.4, 0.5) is 16.3 Å². The number of benzene rings is 1. The molecule has 0 unspecified atom stereocenters. The van der Waals surface area contributed by atoms with Gasteiger partial charge in [-0.3, -0.25) is 0 Å². The predicted molar refractivity (Wildman–Crippen MR) is 107 cm³/mol. The number of carbonyl (C=O) groups excluding carboxylic acids is 1.